The largest absolute Gasteiger partial charge is 0.387 e. The van der Waals surface area contributed by atoms with Gasteiger partial charge in [-0.3, -0.25) is 14.6 Å². The molecular weight excluding hydrogens is 374 g/mol. The maximum Gasteiger partial charge on any atom is 0.244 e. The van der Waals surface area contributed by atoms with Gasteiger partial charge in [0.25, 0.3) is 0 Å². The van der Waals surface area contributed by atoms with E-state index >= 15 is 0 Å². The second kappa shape index (κ2) is 9.29. The van der Waals surface area contributed by atoms with Gasteiger partial charge in [-0.25, -0.2) is 0 Å². The van der Waals surface area contributed by atoms with E-state index in [-0.39, 0.29) is 11.9 Å². The number of carbonyl (C=O) groups excluding carboxylic acids is 1. The topological polar surface area (TPSA) is 55.8 Å². The van der Waals surface area contributed by atoms with E-state index in [4.69, 9.17) is 0 Å². The van der Waals surface area contributed by atoms with Crippen LogP contribution in [0.5, 0.6) is 0 Å². The lowest BCUT2D eigenvalue weighted by molar-refractivity contribution is -0.130. The normalized spacial score (nSPS) is 18.8. The monoisotopic (exact) mass is 409 g/mol. The molecule has 2 aromatic rings. The van der Waals surface area contributed by atoms with Gasteiger partial charge >= 0.3 is 0 Å². The fourth-order valence-electron chi connectivity index (χ4n) is 4.55. The van der Waals surface area contributed by atoms with Gasteiger partial charge in [-0.15, -0.1) is 0 Å². The molecule has 1 heterocycles. The van der Waals surface area contributed by atoms with Crippen LogP contribution < -0.4 is 5.32 Å². The number of anilines is 1. The van der Waals surface area contributed by atoms with Crippen LogP contribution in [0.4, 0.5) is 5.69 Å². The lowest BCUT2D eigenvalue weighted by Gasteiger charge is -2.47. The maximum absolute atomic E-state index is 13.4. The minimum atomic E-state index is -0.553. The second-order valence-electron chi connectivity index (χ2n) is 8.78. The SMILES string of the molecule is Cc1cccc(C)c1NC(=O)C1(N(C)C)CCN(C(C)C(O)c2ccccc2)CC1. The molecule has 2 aromatic carbocycles. The lowest BCUT2D eigenvalue weighted by Crippen LogP contribution is -2.60. The zero-order valence-corrected chi connectivity index (χ0v) is 18.9. The Morgan fingerprint density at radius 1 is 1.03 bits per heavy atom. The molecule has 1 amide bonds. The first kappa shape index (κ1) is 22.5. The molecule has 162 valence electrons. The highest BCUT2D eigenvalue weighted by molar-refractivity contribution is 5.99. The number of likely N-dealkylation sites (N-methyl/N-ethyl adjacent to an activating group) is 1. The molecule has 2 N–H and O–H groups in total. The molecule has 1 aliphatic rings. The Balaban J connectivity index is 1.72. The highest BCUT2D eigenvalue weighted by Crippen LogP contribution is 2.33. The smallest absolute Gasteiger partial charge is 0.244 e. The number of carbonyl (C=O) groups is 1. The number of hydrogen-bond acceptors (Lipinski definition) is 4. The molecule has 1 saturated heterocycles. The Bertz CT molecular complexity index is 838. The summed E-state index contributed by atoms with van der Waals surface area (Å²) in [4.78, 5) is 17.8. The summed E-state index contributed by atoms with van der Waals surface area (Å²) >= 11 is 0. The standard InChI is InChI=1S/C25H35N3O2/c1-18-10-9-11-19(2)22(18)26-24(30)25(27(4)5)14-16-28(17-15-25)20(3)23(29)21-12-7-6-8-13-21/h6-13,20,23,29H,14-17H2,1-5H3,(H,26,30). The lowest BCUT2D eigenvalue weighted by atomic mass is 9.84. The van der Waals surface area contributed by atoms with Crippen molar-refractivity contribution in [2.75, 3.05) is 32.5 Å². The number of aliphatic hydroxyl groups is 1. The van der Waals surface area contributed by atoms with Crippen molar-refractivity contribution >= 4 is 11.6 Å². The Morgan fingerprint density at radius 2 is 1.60 bits per heavy atom. The van der Waals surface area contributed by atoms with Crippen molar-refractivity contribution in [1.82, 2.24) is 9.80 Å². The highest BCUT2D eigenvalue weighted by Gasteiger charge is 2.44. The number of para-hydroxylation sites is 1. The summed E-state index contributed by atoms with van der Waals surface area (Å²) in [5.41, 5.74) is 3.45. The number of rotatable bonds is 6. The summed E-state index contributed by atoms with van der Waals surface area (Å²) in [6.07, 6.45) is 0.909. The highest BCUT2D eigenvalue weighted by atomic mass is 16.3. The molecule has 0 spiro atoms. The molecule has 1 fully saturated rings. The zero-order chi connectivity index (χ0) is 21.9. The maximum atomic E-state index is 13.4. The van der Waals surface area contributed by atoms with Crippen molar-refractivity contribution in [2.24, 2.45) is 0 Å². The number of hydrogen-bond donors (Lipinski definition) is 2. The number of piperidine rings is 1. The van der Waals surface area contributed by atoms with Crippen LogP contribution in [0.15, 0.2) is 48.5 Å². The number of nitrogens with one attached hydrogen (secondary N) is 1. The summed E-state index contributed by atoms with van der Waals surface area (Å²) in [6.45, 7) is 7.66. The summed E-state index contributed by atoms with van der Waals surface area (Å²) in [5.74, 6) is 0.0563. The number of nitrogens with zero attached hydrogens (tertiary/aromatic N) is 2. The minimum Gasteiger partial charge on any atom is -0.387 e. The molecule has 0 aromatic heterocycles. The van der Waals surface area contributed by atoms with Gasteiger partial charge in [0.2, 0.25) is 5.91 Å². The van der Waals surface area contributed by atoms with Crippen LogP contribution in [0.3, 0.4) is 0 Å². The van der Waals surface area contributed by atoms with Gasteiger partial charge in [0.15, 0.2) is 0 Å². The first-order valence-electron chi connectivity index (χ1n) is 10.8. The van der Waals surface area contributed by atoms with Crippen LogP contribution in [0, 0.1) is 13.8 Å². The molecule has 0 aliphatic carbocycles. The molecule has 5 heteroatoms. The molecule has 1 aliphatic heterocycles. The van der Waals surface area contributed by atoms with E-state index in [0.717, 1.165) is 48.3 Å². The van der Waals surface area contributed by atoms with Gasteiger partial charge in [0, 0.05) is 24.8 Å². The van der Waals surface area contributed by atoms with Gasteiger partial charge in [0.05, 0.1) is 6.10 Å². The fraction of sp³-hybridized carbons (Fsp3) is 0.480. The molecule has 0 saturated carbocycles. The Kier molecular flexibility index (Phi) is 6.96. The number of aryl methyl sites for hydroxylation is 2. The molecule has 3 rings (SSSR count). The van der Waals surface area contributed by atoms with Crippen molar-refractivity contribution in [1.29, 1.82) is 0 Å². The first-order valence-corrected chi connectivity index (χ1v) is 10.8. The van der Waals surface area contributed by atoms with Crippen LogP contribution in [0.25, 0.3) is 0 Å². The van der Waals surface area contributed by atoms with Crippen molar-refractivity contribution in [2.45, 2.75) is 51.3 Å². The Morgan fingerprint density at radius 3 is 2.13 bits per heavy atom. The predicted molar refractivity (Wildman–Crippen MR) is 123 cm³/mol. The summed E-state index contributed by atoms with van der Waals surface area (Å²) in [5, 5.41) is 14.0. The number of amides is 1. The van der Waals surface area contributed by atoms with E-state index in [9.17, 15) is 9.90 Å². The Hall–Kier alpha value is -2.21. The van der Waals surface area contributed by atoms with Crippen LogP contribution in [0.1, 0.15) is 42.6 Å². The predicted octanol–water partition coefficient (Wildman–Crippen LogP) is 3.76. The molecule has 0 radical (unpaired) electrons. The van der Waals surface area contributed by atoms with Gasteiger partial charge < -0.3 is 10.4 Å². The third kappa shape index (κ3) is 4.43. The van der Waals surface area contributed by atoms with Gasteiger partial charge in [-0.1, -0.05) is 48.5 Å². The van der Waals surface area contributed by atoms with Crippen molar-refractivity contribution in [3.63, 3.8) is 0 Å². The average molecular weight is 410 g/mol. The molecule has 2 atom stereocenters. The Labute approximate surface area is 180 Å². The molecule has 0 bridgehead atoms. The third-order valence-electron chi connectivity index (χ3n) is 6.80. The van der Waals surface area contributed by atoms with E-state index in [0.29, 0.717) is 0 Å². The van der Waals surface area contributed by atoms with E-state index in [1.807, 2.05) is 76.5 Å². The van der Waals surface area contributed by atoms with Crippen LogP contribution in [0.2, 0.25) is 0 Å². The van der Waals surface area contributed by atoms with Crippen molar-refractivity contribution in [3.8, 4) is 0 Å². The van der Waals surface area contributed by atoms with E-state index in [1.54, 1.807) is 0 Å². The zero-order valence-electron chi connectivity index (χ0n) is 18.9. The number of aliphatic hydroxyl groups excluding tert-OH is 1. The number of likely N-dealkylation sites (tertiary alicyclic amines) is 1. The van der Waals surface area contributed by atoms with Gasteiger partial charge in [0.1, 0.15) is 5.54 Å². The first-order chi connectivity index (χ1) is 14.3. The quantitative estimate of drug-likeness (QED) is 0.763. The molecule has 2 unspecified atom stereocenters. The fourth-order valence-corrected chi connectivity index (χ4v) is 4.55. The van der Waals surface area contributed by atoms with Crippen LogP contribution in [-0.2, 0) is 4.79 Å². The van der Waals surface area contributed by atoms with Crippen LogP contribution >= 0.6 is 0 Å². The average Bonchev–Trinajstić information content (AvgIpc) is 2.75. The second-order valence-corrected chi connectivity index (χ2v) is 8.78. The molecule has 5 nitrogen and oxygen atoms in total. The van der Waals surface area contributed by atoms with Crippen molar-refractivity contribution < 1.29 is 9.90 Å². The van der Waals surface area contributed by atoms with Gasteiger partial charge in [-0.05, 0) is 64.4 Å². The van der Waals surface area contributed by atoms with E-state index in [2.05, 4.69) is 22.0 Å². The van der Waals surface area contributed by atoms with E-state index < -0.39 is 11.6 Å². The summed E-state index contributed by atoms with van der Waals surface area (Å²) < 4.78 is 0. The van der Waals surface area contributed by atoms with Crippen molar-refractivity contribution in [3.05, 3.63) is 65.2 Å². The third-order valence-corrected chi connectivity index (χ3v) is 6.80. The molecule has 30 heavy (non-hydrogen) atoms. The summed E-state index contributed by atoms with van der Waals surface area (Å²) in [6, 6.07) is 15.9. The molecular formula is C25H35N3O2. The minimum absolute atomic E-state index is 0.00534. The van der Waals surface area contributed by atoms with E-state index in [1.165, 1.54) is 0 Å². The number of benzene rings is 2. The van der Waals surface area contributed by atoms with Crippen LogP contribution in [-0.4, -0.2) is 59.6 Å². The summed E-state index contributed by atoms with van der Waals surface area (Å²) in [7, 11) is 3.98. The van der Waals surface area contributed by atoms with Gasteiger partial charge in [-0.2, -0.15) is 0 Å².